The maximum Gasteiger partial charge on any atom is 0.0774 e. The molecule has 299 valence electrons. The number of imidazole rings is 1. The van der Waals surface area contributed by atoms with Crippen molar-refractivity contribution < 1.29 is 20.1 Å². The van der Waals surface area contributed by atoms with Crippen LogP contribution in [0.2, 0.25) is 17.3 Å². The molecule has 0 bridgehead atoms. The van der Waals surface area contributed by atoms with Crippen molar-refractivity contribution in [3.63, 3.8) is 0 Å². The fourth-order valence-electron chi connectivity index (χ4n) is 7.77. The van der Waals surface area contributed by atoms with Gasteiger partial charge in [0.05, 0.1) is 16.9 Å². The summed E-state index contributed by atoms with van der Waals surface area (Å²) in [6.45, 7) is 15.9. The molecule has 0 saturated carbocycles. The summed E-state index contributed by atoms with van der Waals surface area (Å²) in [5.41, 5.74) is 14.6. The number of rotatable bonds is 9. The van der Waals surface area contributed by atoms with Crippen LogP contribution in [0.1, 0.15) is 75.6 Å². The molecule has 8 aromatic rings. The van der Waals surface area contributed by atoms with E-state index in [1.165, 1.54) is 49.2 Å². The minimum atomic E-state index is -1.86. The first-order chi connectivity index (χ1) is 27.3. The zero-order chi connectivity index (χ0) is 40.4. The van der Waals surface area contributed by atoms with Gasteiger partial charge in [-0.15, -0.1) is 11.5 Å². The third-order valence-corrected chi connectivity index (χ3v) is 15.8. The second-order valence-corrected chi connectivity index (χ2v) is 28.8. The Morgan fingerprint density at radius 1 is 0.741 bits per heavy atom. The SMILES string of the molecule is CC(C)Cc1cc(-c2[c-]cccc2)nc[c]1[Ge]([CH3])([CH3])[CH3].Cc1ccc2s[c-]c(-c3nc4ccccc4n3-c3c(C(C)C)cc(-c4ccccc4)cc3C(C)C)c2c1.[Ir]. The Labute approximate surface area is 366 Å². The summed E-state index contributed by atoms with van der Waals surface area (Å²) in [6, 6.07) is 44.3. The van der Waals surface area contributed by atoms with E-state index in [9.17, 15) is 0 Å². The molecule has 0 N–H and O–H groups in total. The van der Waals surface area contributed by atoms with Crippen molar-refractivity contribution in [3.8, 4) is 39.5 Å². The average molecular weight is 1020 g/mol. The van der Waals surface area contributed by atoms with Gasteiger partial charge in [0.2, 0.25) is 0 Å². The van der Waals surface area contributed by atoms with Crippen molar-refractivity contribution in [2.45, 2.75) is 84.0 Å². The van der Waals surface area contributed by atoms with Gasteiger partial charge in [0, 0.05) is 25.8 Å². The molecule has 0 saturated heterocycles. The second kappa shape index (κ2) is 18.4. The number of pyridine rings is 1. The Balaban J connectivity index is 0.000000230. The van der Waals surface area contributed by atoms with Gasteiger partial charge in [-0.25, -0.2) is 0 Å². The molecule has 0 aliphatic heterocycles. The topological polar surface area (TPSA) is 30.7 Å². The first-order valence-corrected chi connectivity index (χ1v) is 28.5. The van der Waals surface area contributed by atoms with Gasteiger partial charge in [0.25, 0.3) is 0 Å². The van der Waals surface area contributed by atoms with Crippen LogP contribution in [-0.2, 0) is 26.5 Å². The van der Waals surface area contributed by atoms with Crippen LogP contribution in [0.25, 0.3) is 60.6 Å². The van der Waals surface area contributed by atoms with Crippen LogP contribution in [0.5, 0.6) is 0 Å². The number of thiophene rings is 1. The quantitative estimate of drug-likeness (QED) is 0.107. The molecule has 58 heavy (non-hydrogen) atoms. The van der Waals surface area contributed by atoms with E-state index in [2.05, 4.69) is 185 Å². The van der Waals surface area contributed by atoms with Gasteiger partial charge in [-0.2, -0.15) is 0 Å². The smallest absolute Gasteiger partial charge is 0.0774 e. The van der Waals surface area contributed by atoms with Gasteiger partial charge in [-0.1, -0.05) is 103 Å². The molecule has 0 aliphatic carbocycles. The maximum absolute atomic E-state index is 5.23. The summed E-state index contributed by atoms with van der Waals surface area (Å²) < 4.78 is 5.19. The summed E-state index contributed by atoms with van der Waals surface area (Å²) >= 11 is -0.184. The molecular formula is C52H55GeIrN3S-2. The van der Waals surface area contributed by atoms with Gasteiger partial charge in [-0.3, -0.25) is 16.3 Å². The number of nitrogens with zero attached hydrogens (tertiary/aromatic N) is 3. The molecule has 0 unspecified atom stereocenters. The van der Waals surface area contributed by atoms with Crippen molar-refractivity contribution in [2.24, 2.45) is 5.92 Å². The zero-order valence-electron chi connectivity index (χ0n) is 35.6. The van der Waals surface area contributed by atoms with Crippen molar-refractivity contribution in [2.75, 3.05) is 0 Å². The molecule has 0 atom stereocenters. The molecular weight excluding hydrogens is 963 g/mol. The zero-order valence-corrected chi connectivity index (χ0v) is 40.9. The Morgan fingerprint density at radius 2 is 1.41 bits per heavy atom. The molecule has 0 aliphatic rings. The third-order valence-electron chi connectivity index (χ3n) is 10.6. The van der Waals surface area contributed by atoms with Crippen LogP contribution >= 0.6 is 11.3 Å². The van der Waals surface area contributed by atoms with Crippen LogP contribution in [0, 0.1) is 24.3 Å². The van der Waals surface area contributed by atoms with E-state index in [0.29, 0.717) is 17.8 Å². The fraction of sp³-hybridized carbons (Fsp3) is 0.269. The summed E-state index contributed by atoms with van der Waals surface area (Å²) in [5, 5.41) is 4.84. The van der Waals surface area contributed by atoms with E-state index in [-0.39, 0.29) is 20.1 Å². The predicted octanol–water partition coefficient (Wildman–Crippen LogP) is 14.2. The molecule has 6 heteroatoms. The van der Waals surface area contributed by atoms with Crippen LogP contribution in [-0.4, -0.2) is 27.8 Å². The van der Waals surface area contributed by atoms with E-state index >= 15 is 0 Å². The first-order valence-electron chi connectivity index (χ1n) is 20.4. The predicted molar refractivity (Wildman–Crippen MR) is 249 cm³/mol. The van der Waals surface area contributed by atoms with Gasteiger partial charge in [-0.05, 0) is 65.3 Å². The van der Waals surface area contributed by atoms with Gasteiger partial charge >= 0.3 is 126 Å². The summed E-state index contributed by atoms with van der Waals surface area (Å²) in [6.07, 6.45) is 3.27. The molecule has 3 heterocycles. The van der Waals surface area contributed by atoms with Gasteiger partial charge in [0.15, 0.2) is 0 Å². The number of hydrogen-bond donors (Lipinski definition) is 0. The third kappa shape index (κ3) is 9.34. The number of para-hydroxylation sites is 2. The number of fused-ring (bicyclic) bond motifs is 2. The van der Waals surface area contributed by atoms with E-state index in [4.69, 9.17) is 9.97 Å². The molecule has 5 aromatic carbocycles. The Bertz CT molecular complexity index is 2600. The van der Waals surface area contributed by atoms with Gasteiger partial charge in [0.1, 0.15) is 0 Å². The Morgan fingerprint density at radius 3 is 2.05 bits per heavy atom. The van der Waals surface area contributed by atoms with Crippen molar-refractivity contribution >= 4 is 50.1 Å². The van der Waals surface area contributed by atoms with E-state index in [1.54, 1.807) is 15.7 Å². The van der Waals surface area contributed by atoms with Crippen LogP contribution in [0.4, 0.5) is 0 Å². The maximum atomic E-state index is 5.23. The Hall–Kier alpha value is -4.13. The minimum Gasteiger partial charge on any atom is -0.333 e. The first kappa shape index (κ1) is 43.5. The molecule has 1 radical (unpaired) electrons. The van der Waals surface area contributed by atoms with Crippen LogP contribution in [0.15, 0.2) is 121 Å². The largest absolute Gasteiger partial charge is 0.333 e. The monoisotopic (exact) mass is 1020 g/mol. The van der Waals surface area contributed by atoms with Crippen LogP contribution in [0.3, 0.4) is 0 Å². The van der Waals surface area contributed by atoms with Crippen molar-refractivity contribution in [1.82, 2.24) is 14.5 Å². The second-order valence-electron chi connectivity index (χ2n) is 17.4. The fourth-order valence-corrected chi connectivity index (χ4v) is 11.9. The van der Waals surface area contributed by atoms with E-state index in [1.807, 2.05) is 18.2 Å². The summed E-state index contributed by atoms with van der Waals surface area (Å²) in [4.78, 5) is 9.93. The molecule has 0 amide bonds. The molecule has 3 nitrogen and oxygen atoms in total. The number of aromatic nitrogens is 3. The molecule has 0 spiro atoms. The van der Waals surface area contributed by atoms with E-state index < -0.39 is 13.3 Å². The summed E-state index contributed by atoms with van der Waals surface area (Å²) in [5.74, 6) is 9.65. The van der Waals surface area contributed by atoms with Crippen LogP contribution < -0.4 is 4.40 Å². The molecule has 3 aromatic heterocycles. The Kier molecular flexibility index (Phi) is 13.8. The summed E-state index contributed by atoms with van der Waals surface area (Å²) in [7, 11) is 0. The minimum absolute atomic E-state index is 0. The number of benzene rings is 5. The normalized spacial score (nSPS) is 11.7. The molecule has 0 fully saturated rings. The number of aryl methyl sites for hydroxylation is 1. The standard InChI is InChI=1S/C34H31N2S.C18H24GeN.Ir/c1-21(2)26-18-25(24-11-7-6-8-12-24)19-27(22(3)4)33(26)36-31-14-10-9-13-30(31)35-34(36)29-20-37-32-16-15-23(5)17-28(29)32;1-14(2)11-16-12-18(15-9-7-6-8-10-15)20-13-17(16)19(3,4)5;/h6-19,21-22H,1-5H3;6-9,12-14H,11H2,1-5H3;/q2*-1;. The molecule has 8 rings (SSSR count). The average Bonchev–Trinajstić information content (AvgIpc) is 3.78. The van der Waals surface area contributed by atoms with Crippen molar-refractivity contribution in [3.05, 3.63) is 155 Å². The van der Waals surface area contributed by atoms with Crippen molar-refractivity contribution in [1.29, 1.82) is 0 Å². The van der Waals surface area contributed by atoms with Gasteiger partial charge < -0.3 is 4.57 Å². The number of hydrogen-bond acceptors (Lipinski definition) is 3. The van der Waals surface area contributed by atoms with E-state index in [0.717, 1.165) is 40.1 Å².